The van der Waals surface area contributed by atoms with Crippen molar-refractivity contribution < 1.29 is 17.9 Å². The zero-order valence-corrected chi connectivity index (χ0v) is 20.9. The molecule has 1 fully saturated rings. The summed E-state index contributed by atoms with van der Waals surface area (Å²) in [7, 11) is -3.87. The van der Waals surface area contributed by atoms with Gasteiger partial charge < -0.3 is 15.0 Å². The Morgan fingerprint density at radius 1 is 1.21 bits per heavy atom. The number of fused-ring (bicyclic) bond motifs is 1. The predicted molar refractivity (Wildman–Crippen MR) is 133 cm³/mol. The van der Waals surface area contributed by atoms with Gasteiger partial charge in [0.1, 0.15) is 5.82 Å². The Morgan fingerprint density at radius 3 is 2.62 bits per heavy atom. The third-order valence-corrected chi connectivity index (χ3v) is 8.10. The monoisotopic (exact) mass is 483 g/mol. The van der Waals surface area contributed by atoms with Gasteiger partial charge in [-0.15, -0.1) is 0 Å². The summed E-state index contributed by atoms with van der Waals surface area (Å²) < 4.78 is 34.8. The summed E-state index contributed by atoms with van der Waals surface area (Å²) in [4.78, 5) is 16.9. The number of aromatic nitrogens is 2. The first-order valence-corrected chi connectivity index (χ1v) is 13.3. The number of carbonyl (C=O) groups is 1. The van der Waals surface area contributed by atoms with Crippen LogP contribution in [0.4, 0.5) is 0 Å². The molecule has 1 aliphatic heterocycles. The molecule has 0 spiro atoms. The third kappa shape index (κ3) is 5.03. The molecule has 182 valence electrons. The fourth-order valence-corrected chi connectivity index (χ4v) is 5.83. The molecule has 1 amide bonds. The SMILES string of the molecule is CC(C)(C)c1nc2cc(S(=O)(=O)C3=C/C(C(N)=O)=C\CC/C=C\3)ccc2n1CC1CCOCC1. The van der Waals surface area contributed by atoms with Crippen LogP contribution in [0, 0.1) is 5.92 Å². The minimum absolute atomic E-state index is 0.0503. The van der Waals surface area contributed by atoms with Gasteiger partial charge >= 0.3 is 0 Å². The van der Waals surface area contributed by atoms with Crippen molar-refractivity contribution in [3.63, 3.8) is 0 Å². The summed E-state index contributed by atoms with van der Waals surface area (Å²) in [5.41, 5.74) is 7.04. The van der Waals surface area contributed by atoms with E-state index in [0.29, 0.717) is 24.3 Å². The molecule has 1 aliphatic carbocycles. The van der Waals surface area contributed by atoms with E-state index in [4.69, 9.17) is 15.5 Å². The Kier molecular flexibility index (Phi) is 6.82. The zero-order chi connectivity index (χ0) is 24.5. The molecule has 2 heterocycles. The number of carbonyl (C=O) groups excluding carboxylic acids is 1. The highest BCUT2D eigenvalue weighted by molar-refractivity contribution is 7.95. The molecule has 1 aromatic carbocycles. The summed E-state index contributed by atoms with van der Waals surface area (Å²) >= 11 is 0. The van der Waals surface area contributed by atoms with Crippen molar-refractivity contribution >= 4 is 26.8 Å². The van der Waals surface area contributed by atoms with E-state index in [2.05, 4.69) is 25.3 Å². The average molecular weight is 484 g/mol. The topological polar surface area (TPSA) is 104 Å². The largest absolute Gasteiger partial charge is 0.381 e. The van der Waals surface area contributed by atoms with E-state index in [-0.39, 0.29) is 20.8 Å². The van der Waals surface area contributed by atoms with Crippen molar-refractivity contribution in [2.24, 2.45) is 11.7 Å². The van der Waals surface area contributed by atoms with Crippen molar-refractivity contribution in [3.8, 4) is 0 Å². The molecule has 0 atom stereocenters. The van der Waals surface area contributed by atoms with Gasteiger partial charge in [0.15, 0.2) is 0 Å². The number of primary amides is 1. The lowest BCUT2D eigenvalue weighted by Gasteiger charge is -2.26. The van der Waals surface area contributed by atoms with Crippen LogP contribution in [0.25, 0.3) is 11.0 Å². The molecular formula is C26H33N3O4S. The summed E-state index contributed by atoms with van der Waals surface area (Å²) in [6.45, 7) is 8.74. The second-order valence-corrected chi connectivity index (χ2v) is 12.0. The second kappa shape index (κ2) is 9.50. The van der Waals surface area contributed by atoms with E-state index in [0.717, 1.165) is 43.9 Å². The van der Waals surface area contributed by atoms with Crippen molar-refractivity contribution in [2.45, 2.75) is 63.3 Å². The molecule has 34 heavy (non-hydrogen) atoms. The Morgan fingerprint density at radius 2 is 1.94 bits per heavy atom. The molecule has 1 saturated heterocycles. The van der Waals surface area contributed by atoms with E-state index < -0.39 is 15.7 Å². The lowest BCUT2D eigenvalue weighted by atomic mass is 9.94. The van der Waals surface area contributed by atoms with Crippen LogP contribution in [-0.2, 0) is 31.3 Å². The Bertz CT molecular complexity index is 1290. The first-order valence-electron chi connectivity index (χ1n) is 11.8. The maximum Gasteiger partial charge on any atom is 0.248 e. The van der Waals surface area contributed by atoms with Gasteiger partial charge in [-0.2, -0.15) is 0 Å². The highest BCUT2D eigenvalue weighted by atomic mass is 32.2. The lowest BCUT2D eigenvalue weighted by Crippen LogP contribution is -2.25. The van der Waals surface area contributed by atoms with Crippen molar-refractivity contribution in [1.29, 1.82) is 0 Å². The van der Waals surface area contributed by atoms with Crippen LogP contribution in [0.5, 0.6) is 0 Å². The first kappa shape index (κ1) is 24.4. The molecule has 0 saturated carbocycles. The zero-order valence-electron chi connectivity index (χ0n) is 20.1. The summed E-state index contributed by atoms with van der Waals surface area (Å²) in [5, 5.41) is 0. The van der Waals surface area contributed by atoms with E-state index in [1.54, 1.807) is 30.4 Å². The predicted octanol–water partition coefficient (Wildman–Crippen LogP) is 4.18. The molecule has 8 heteroatoms. The van der Waals surface area contributed by atoms with Crippen LogP contribution < -0.4 is 5.73 Å². The summed E-state index contributed by atoms with van der Waals surface area (Å²) in [6.07, 6.45) is 9.67. The Hall–Kier alpha value is -2.71. The number of rotatable bonds is 5. The normalized spacial score (nSPS) is 22.3. The smallest absolute Gasteiger partial charge is 0.248 e. The number of allylic oxidation sites excluding steroid dienone is 3. The fourth-order valence-electron chi connectivity index (χ4n) is 4.49. The van der Waals surface area contributed by atoms with Crippen molar-refractivity contribution in [2.75, 3.05) is 13.2 Å². The molecule has 0 unspecified atom stereocenters. The molecule has 1 aromatic heterocycles. The molecule has 0 bridgehead atoms. The molecule has 0 radical (unpaired) electrons. The van der Waals surface area contributed by atoms with Gasteiger partial charge in [-0.05, 0) is 62.0 Å². The highest BCUT2D eigenvalue weighted by Crippen LogP contribution is 2.32. The average Bonchev–Trinajstić information content (AvgIpc) is 3.12. The van der Waals surface area contributed by atoms with Gasteiger partial charge in [0.25, 0.3) is 0 Å². The third-order valence-electron chi connectivity index (χ3n) is 6.35. The van der Waals surface area contributed by atoms with Gasteiger partial charge in [-0.3, -0.25) is 4.79 Å². The molecule has 2 aromatic rings. The highest BCUT2D eigenvalue weighted by Gasteiger charge is 2.27. The number of benzene rings is 1. The second-order valence-electron chi connectivity index (χ2n) is 10.1. The number of nitrogens with zero attached hydrogens (tertiary/aromatic N) is 2. The molecule has 4 rings (SSSR count). The van der Waals surface area contributed by atoms with Crippen LogP contribution in [-0.4, -0.2) is 37.1 Å². The van der Waals surface area contributed by atoms with Crippen molar-refractivity contribution in [3.05, 3.63) is 58.8 Å². The number of imidazole rings is 1. The minimum Gasteiger partial charge on any atom is -0.381 e. The number of nitrogens with two attached hydrogens (primary N) is 1. The maximum atomic E-state index is 13.5. The van der Waals surface area contributed by atoms with Gasteiger partial charge in [0, 0.05) is 30.7 Å². The van der Waals surface area contributed by atoms with Crippen LogP contribution >= 0.6 is 0 Å². The quantitative estimate of drug-likeness (QED) is 0.687. The summed E-state index contributed by atoms with van der Waals surface area (Å²) in [6, 6.07) is 5.12. The number of hydrogen-bond acceptors (Lipinski definition) is 5. The van der Waals surface area contributed by atoms with Crippen LogP contribution in [0.15, 0.2) is 57.9 Å². The Balaban J connectivity index is 1.78. The van der Waals surface area contributed by atoms with E-state index in [1.807, 2.05) is 6.07 Å². The number of sulfone groups is 1. The van der Waals surface area contributed by atoms with E-state index in [1.165, 1.54) is 6.08 Å². The number of hydrogen-bond donors (Lipinski definition) is 1. The van der Waals surface area contributed by atoms with Gasteiger partial charge in [0.2, 0.25) is 15.7 Å². The van der Waals surface area contributed by atoms with Gasteiger partial charge in [0.05, 0.1) is 20.8 Å². The van der Waals surface area contributed by atoms with Crippen LogP contribution in [0.3, 0.4) is 0 Å². The molecular weight excluding hydrogens is 450 g/mol. The lowest BCUT2D eigenvalue weighted by molar-refractivity contribution is -0.114. The number of amides is 1. The first-order chi connectivity index (χ1) is 16.1. The molecule has 2 N–H and O–H groups in total. The summed E-state index contributed by atoms with van der Waals surface area (Å²) in [5.74, 6) is 0.799. The Labute approximate surface area is 201 Å². The minimum atomic E-state index is -3.87. The molecule has 7 nitrogen and oxygen atoms in total. The van der Waals surface area contributed by atoms with E-state index in [9.17, 15) is 13.2 Å². The van der Waals surface area contributed by atoms with Crippen molar-refractivity contribution in [1.82, 2.24) is 9.55 Å². The van der Waals surface area contributed by atoms with Crippen LogP contribution in [0.1, 0.15) is 52.3 Å². The van der Waals surface area contributed by atoms with Gasteiger partial charge in [-0.1, -0.05) is 32.9 Å². The standard InChI is InChI=1S/C26H33N3O4S/c1-26(2,3)25-28-22-16-21(9-10-23(22)29(25)17-18-11-13-33-14-12-18)34(31,32)20-8-6-4-5-7-19(15-20)24(27)30/h6-10,15-16,18H,4-5,11-14,17H2,1-3H3,(H2,27,30)/b8-6-,19-7+,20-15+. The maximum absolute atomic E-state index is 13.5. The van der Waals surface area contributed by atoms with Gasteiger partial charge in [-0.25, -0.2) is 13.4 Å². The fraction of sp³-hybridized carbons (Fsp3) is 0.462. The van der Waals surface area contributed by atoms with E-state index >= 15 is 0 Å². The molecule has 2 aliphatic rings. The number of ether oxygens (including phenoxy) is 1. The van der Waals surface area contributed by atoms with Crippen LogP contribution in [0.2, 0.25) is 0 Å².